The van der Waals surface area contributed by atoms with Crippen LogP contribution in [0.4, 0.5) is 17.1 Å². The van der Waals surface area contributed by atoms with E-state index in [1.165, 1.54) is 24.5 Å². The van der Waals surface area contributed by atoms with Crippen LogP contribution in [0.3, 0.4) is 0 Å². The van der Waals surface area contributed by atoms with Crippen molar-refractivity contribution in [1.82, 2.24) is 15.4 Å². The first-order chi connectivity index (χ1) is 14.0. The molecule has 0 aliphatic carbocycles. The monoisotopic (exact) mass is 392 g/mol. The number of nitro groups is 2. The topological polar surface area (TPSA) is 156 Å². The fourth-order valence-electron chi connectivity index (χ4n) is 3.08. The fourth-order valence-corrected chi connectivity index (χ4v) is 3.08. The molecular formula is C18H12N6O5. The molecule has 0 aliphatic rings. The van der Waals surface area contributed by atoms with Crippen LogP contribution in [-0.4, -0.2) is 25.7 Å². The number of nitrogens with zero attached hydrogens (tertiary/aromatic N) is 3. The van der Waals surface area contributed by atoms with Gasteiger partial charge in [0, 0.05) is 23.3 Å². The lowest BCUT2D eigenvalue weighted by molar-refractivity contribution is -0.392. The first-order valence-corrected chi connectivity index (χ1v) is 8.30. The maximum atomic E-state index is 12.6. The summed E-state index contributed by atoms with van der Waals surface area (Å²) in [5, 5.41) is 23.6. The van der Waals surface area contributed by atoms with Crippen molar-refractivity contribution < 1.29 is 14.6 Å². The third kappa shape index (κ3) is 3.06. The zero-order valence-electron chi connectivity index (χ0n) is 14.6. The summed E-state index contributed by atoms with van der Waals surface area (Å²) in [5.74, 6) is -0.542. The van der Waals surface area contributed by atoms with Gasteiger partial charge in [-0.15, -0.1) is 0 Å². The molecule has 11 nitrogen and oxygen atoms in total. The van der Waals surface area contributed by atoms with Crippen LogP contribution in [0.2, 0.25) is 0 Å². The standard InChI is InChI=1S/C18H12N6O5/c25-18(12-9-20-13-6-2-1-4-10(12)13)22-21-17-15(24(28)29)8-14(23(26)27)11-5-3-7-19-16(11)17/h1-9,20-21H,(H,22,25). The Balaban J connectivity index is 1.75. The second-order valence-electron chi connectivity index (χ2n) is 6.03. The summed E-state index contributed by atoms with van der Waals surface area (Å²) in [7, 11) is 0. The molecule has 0 aliphatic heterocycles. The van der Waals surface area contributed by atoms with Crippen LogP contribution >= 0.6 is 0 Å². The highest BCUT2D eigenvalue weighted by molar-refractivity contribution is 6.08. The number of non-ortho nitro benzene ring substituents is 1. The number of benzene rings is 2. The SMILES string of the molecule is O=C(NNc1c([N+](=O)[O-])cc([N+](=O)[O-])c2cccnc12)c1c[nH]c2ccccc12. The molecule has 1 amide bonds. The number of H-pyrrole nitrogens is 1. The molecule has 0 spiro atoms. The van der Waals surface area contributed by atoms with Crippen LogP contribution in [0, 0.1) is 20.2 Å². The molecule has 2 heterocycles. The number of hydrogen-bond acceptors (Lipinski definition) is 7. The number of rotatable bonds is 5. The van der Waals surface area contributed by atoms with Gasteiger partial charge in [-0.25, -0.2) is 0 Å². The van der Waals surface area contributed by atoms with E-state index in [-0.39, 0.29) is 16.6 Å². The maximum Gasteiger partial charge on any atom is 0.303 e. The molecule has 3 N–H and O–H groups in total. The van der Waals surface area contributed by atoms with Crippen LogP contribution in [0.25, 0.3) is 21.8 Å². The number of para-hydroxylation sites is 1. The molecule has 4 aromatic rings. The lowest BCUT2D eigenvalue weighted by Gasteiger charge is -2.11. The Bertz CT molecular complexity index is 1300. The molecule has 11 heteroatoms. The molecule has 0 atom stereocenters. The van der Waals surface area contributed by atoms with Crippen LogP contribution in [-0.2, 0) is 0 Å². The highest BCUT2D eigenvalue weighted by atomic mass is 16.6. The summed E-state index contributed by atoms with van der Waals surface area (Å²) in [5.41, 5.74) is 4.82. The minimum atomic E-state index is -0.776. The fraction of sp³-hybridized carbons (Fsp3) is 0. The zero-order valence-corrected chi connectivity index (χ0v) is 14.6. The molecule has 2 aromatic carbocycles. The van der Waals surface area contributed by atoms with E-state index < -0.39 is 27.1 Å². The molecule has 0 unspecified atom stereocenters. The normalized spacial score (nSPS) is 10.8. The van der Waals surface area contributed by atoms with E-state index in [0.717, 1.165) is 11.6 Å². The number of hydrazine groups is 1. The second-order valence-corrected chi connectivity index (χ2v) is 6.03. The number of fused-ring (bicyclic) bond motifs is 2. The van der Waals surface area contributed by atoms with Crippen LogP contribution in [0.5, 0.6) is 0 Å². The van der Waals surface area contributed by atoms with E-state index in [0.29, 0.717) is 10.9 Å². The number of carbonyl (C=O) groups is 1. The summed E-state index contributed by atoms with van der Waals surface area (Å²) >= 11 is 0. The minimum absolute atomic E-state index is 0.00683. The average molecular weight is 392 g/mol. The van der Waals surface area contributed by atoms with E-state index in [1.807, 2.05) is 6.07 Å². The molecule has 0 saturated carbocycles. The van der Waals surface area contributed by atoms with Crippen molar-refractivity contribution in [1.29, 1.82) is 0 Å². The first-order valence-electron chi connectivity index (χ1n) is 8.30. The second kappa shape index (κ2) is 6.88. The van der Waals surface area contributed by atoms with Crippen LogP contribution in [0.1, 0.15) is 10.4 Å². The van der Waals surface area contributed by atoms with E-state index in [1.54, 1.807) is 18.2 Å². The highest BCUT2D eigenvalue weighted by Crippen LogP contribution is 2.37. The molecule has 29 heavy (non-hydrogen) atoms. The van der Waals surface area contributed by atoms with Gasteiger partial charge in [-0.1, -0.05) is 18.2 Å². The number of aromatic nitrogens is 2. The lowest BCUT2D eigenvalue weighted by atomic mass is 10.1. The zero-order chi connectivity index (χ0) is 20.5. The summed E-state index contributed by atoms with van der Waals surface area (Å²) in [4.78, 5) is 40.9. The predicted octanol–water partition coefficient (Wildman–Crippen LogP) is 3.29. The molecule has 144 valence electrons. The molecule has 4 rings (SSSR count). The Morgan fingerprint density at radius 1 is 1.00 bits per heavy atom. The van der Waals surface area contributed by atoms with E-state index in [9.17, 15) is 25.0 Å². The Morgan fingerprint density at radius 3 is 2.48 bits per heavy atom. The quantitative estimate of drug-likeness (QED) is 0.347. The summed E-state index contributed by atoms with van der Waals surface area (Å²) < 4.78 is 0. The van der Waals surface area contributed by atoms with Gasteiger partial charge in [0.2, 0.25) is 0 Å². The molecule has 0 saturated heterocycles. The van der Waals surface area contributed by atoms with Crippen LogP contribution < -0.4 is 10.9 Å². The maximum absolute atomic E-state index is 12.6. The van der Waals surface area contributed by atoms with Gasteiger partial charge in [-0.05, 0) is 18.2 Å². The third-order valence-corrected chi connectivity index (χ3v) is 4.38. The van der Waals surface area contributed by atoms with Crippen LogP contribution in [0.15, 0.2) is 54.9 Å². The predicted molar refractivity (Wildman–Crippen MR) is 104 cm³/mol. The molecular weight excluding hydrogens is 380 g/mol. The van der Waals surface area contributed by atoms with E-state index >= 15 is 0 Å². The lowest BCUT2D eigenvalue weighted by Crippen LogP contribution is -2.29. The largest absolute Gasteiger partial charge is 0.360 e. The van der Waals surface area contributed by atoms with E-state index in [2.05, 4.69) is 20.8 Å². The first kappa shape index (κ1) is 17.9. The Labute approximate surface area is 161 Å². The number of hydrogen-bond donors (Lipinski definition) is 3. The number of nitrogens with one attached hydrogen (secondary N) is 3. The minimum Gasteiger partial charge on any atom is -0.360 e. The van der Waals surface area contributed by atoms with E-state index in [4.69, 9.17) is 0 Å². The molecule has 0 bridgehead atoms. The summed E-state index contributed by atoms with van der Waals surface area (Å²) in [6, 6.07) is 10.9. The van der Waals surface area contributed by atoms with Gasteiger partial charge in [0.15, 0.2) is 5.69 Å². The third-order valence-electron chi connectivity index (χ3n) is 4.38. The van der Waals surface area contributed by atoms with Gasteiger partial charge in [0.1, 0.15) is 5.52 Å². The molecule has 0 fully saturated rings. The Kier molecular flexibility index (Phi) is 4.24. The highest BCUT2D eigenvalue weighted by Gasteiger charge is 2.27. The van der Waals surface area contributed by atoms with Crippen molar-refractivity contribution in [2.45, 2.75) is 0 Å². The van der Waals surface area contributed by atoms with Gasteiger partial charge < -0.3 is 4.98 Å². The van der Waals surface area contributed by atoms with Crippen molar-refractivity contribution in [3.8, 4) is 0 Å². The number of aromatic amines is 1. The number of amides is 1. The van der Waals surface area contributed by atoms with Crippen molar-refractivity contribution in [2.75, 3.05) is 5.43 Å². The Hall–Kier alpha value is -4.54. The van der Waals surface area contributed by atoms with Gasteiger partial charge in [0.05, 0.1) is 26.9 Å². The summed E-state index contributed by atoms with van der Waals surface area (Å²) in [6.07, 6.45) is 2.87. The summed E-state index contributed by atoms with van der Waals surface area (Å²) in [6.45, 7) is 0. The van der Waals surface area contributed by atoms with Gasteiger partial charge in [-0.2, -0.15) is 0 Å². The number of carbonyl (C=O) groups excluding carboxylic acids is 1. The molecule has 2 aromatic heterocycles. The van der Waals surface area contributed by atoms with Gasteiger partial charge >= 0.3 is 5.69 Å². The number of nitro benzene ring substituents is 2. The van der Waals surface area contributed by atoms with Gasteiger partial charge in [-0.3, -0.25) is 40.9 Å². The van der Waals surface area contributed by atoms with Crippen molar-refractivity contribution >= 4 is 44.8 Å². The smallest absolute Gasteiger partial charge is 0.303 e. The Morgan fingerprint density at radius 2 is 1.72 bits per heavy atom. The van der Waals surface area contributed by atoms with Gasteiger partial charge in [0.25, 0.3) is 11.6 Å². The number of anilines is 1. The van der Waals surface area contributed by atoms with Crippen molar-refractivity contribution in [3.63, 3.8) is 0 Å². The average Bonchev–Trinajstić information content (AvgIpc) is 3.15. The number of pyridine rings is 1. The van der Waals surface area contributed by atoms with Crippen molar-refractivity contribution in [3.05, 3.63) is 80.7 Å². The van der Waals surface area contributed by atoms with Crippen molar-refractivity contribution in [2.24, 2.45) is 0 Å². The molecule has 0 radical (unpaired) electrons.